The van der Waals surface area contributed by atoms with Crippen molar-refractivity contribution < 1.29 is 18.8 Å². The minimum Gasteiger partial charge on any atom is -0.494 e. The normalized spacial score (nSPS) is 16.7. The quantitative estimate of drug-likeness (QED) is 0.324. The van der Waals surface area contributed by atoms with Gasteiger partial charge >= 0.3 is 0 Å². The molecule has 192 valence electrons. The lowest BCUT2D eigenvalue weighted by molar-refractivity contribution is 0.201. The van der Waals surface area contributed by atoms with E-state index in [9.17, 15) is 9.32 Å². The maximum Gasteiger partial charge on any atom is 0.239 e. The predicted octanol–water partition coefficient (Wildman–Crippen LogP) is 3.47. The second-order valence-electron chi connectivity index (χ2n) is 7.85. The highest BCUT2D eigenvalue weighted by Gasteiger charge is 2.28. The molecule has 0 saturated carbocycles. The van der Waals surface area contributed by atoms with E-state index in [4.69, 9.17) is 21.1 Å². The van der Waals surface area contributed by atoms with E-state index in [2.05, 4.69) is 20.3 Å². The highest BCUT2D eigenvalue weighted by atomic mass is 35.5. The summed E-state index contributed by atoms with van der Waals surface area (Å²) in [6, 6.07) is 10.2. The van der Waals surface area contributed by atoms with Gasteiger partial charge in [-0.15, -0.1) is 10.2 Å². The first kappa shape index (κ1) is 26.3. The van der Waals surface area contributed by atoms with Crippen LogP contribution in [0.25, 0.3) is 5.69 Å². The van der Waals surface area contributed by atoms with Crippen molar-refractivity contribution in [3.05, 3.63) is 65.1 Å². The number of anilines is 1. The number of aliphatic hydroxyl groups excluding tert-OH is 1. The minimum absolute atomic E-state index is 0.237. The van der Waals surface area contributed by atoms with Gasteiger partial charge in [0.05, 0.1) is 31.1 Å². The molecule has 10 nitrogen and oxygen atoms in total. The summed E-state index contributed by atoms with van der Waals surface area (Å²) >= 11 is 7.30. The fourth-order valence-electron chi connectivity index (χ4n) is 3.81. The van der Waals surface area contributed by atoms with E-state index in [1.807, 2.05) is 47.1 Å². The van der Waals surface area contributed by atoms with Crippen molar-refractivity contribution in [3.8, 4) is 17.2 Å². The maximum absolute atomic E-state index is 12.2. The van der Waals surface area contributed by atoms with Gasteiger partial charge in [0, 0.05) is 35.2 Å². The molecule has 3 atom stereocenters. The summed E-state index contributed by atoms with van der Waals surface area (Å²) in [6.07, 6.45) is 4.54. The number of nitrogens with one attached hydrogen (secondary N) is 2. The zero-order chi connectivity index (χ0) is 25.8. The third-order valence-corrected chi connectivity index (χ3v) is 7.50. The molecule has 2 aromatic carbocycles. The lowest BCUT2D eigenvalue weighted by Gasteiger charge is -2.20. The number of hydrogen-bond donors (Lipinski definition) is 3. The molecule has 13 heteroatoms. The lowest BCUT2D eigenvalue weighted by atomic mass is 10.1. The first-order valence-electron chi connectivity index (χ1n) is 10.9. The zero-order valence-electron chi connectivity index (χ0n) is 20.1. The predicted molar refractivity (Wildman–Crippen MR) is 142 cm³/mol. The first-order chi connectivity index (χ1) is 17.3. The summed E-state index contributed by atoms with van der Waals surface area (Å²) in [7, 11) is 3.77. The number of aromatic nitrogens is 3. The van der Waals surface area contributed by atoms with Crippen LogP contribution in [0.4, 0.5) is 5.95 Å². The molecule has 1 aromatic heterocycles. The number of ether oxygens (including phenoxy) is 2. The standard InChI is InChI=1S/C23H27ClN6O4S2/c1-29-11-10-16(27-29)22-25-26-23(30(22)21-18(33-2)6-5-7-19(21)34-3)28-35-13-17(31)15-9-8-14(24)12-20(15)36(4)32/h5-12,16-17,27,31H,13H2,1-4H3,(H,26,28). The Kier molecular flexibility index (Phi) is 8.42. The highest BCUT2D eigenvalue weighted by molar-refractivity contribution is 8.00. The van der Waals surface area contributed by atoms with Crippen molar-refractivity contribution >= 4 is 40.3 Å². The van der Waals surface area contributed by atoms with Gasteiger partial charge in [-0.25, -0.2) is 5.43 Å². The van der Waals surface area contributed by atoms with Crippen LogP contribution in [0, 0.1) is 0 Å². The molecule has 3 N–H and O–H groups in total. The number of hydrazine groups is 1. The molecule has 4 rings (SSSR count). The van der Waals surface area contributed by atoms with Crippen LogP contribution in [0.1, 0.15) is 23.5 Å². The van der Waals surface area contributed by atoms with E-state index in [1.54, 1.807) is 38.7 Å². The molecular formula is C23H27ClN6O4S2. The molecule has 1 aliphatic heterocycles. The number of aliphatic hydroxyl groups is 1. The molecule has 0 bridgehead atoms. The molecule has 0 fully saturated rings. The molecule has 3 aromatic rings. The smallest absolute Gasteiger partial charge is 0.239 e. The van der Waals surface area contributed by atoms with E-state index in [0.29, 0.717) is 44.4 Å². The Balaban J connectivity index is 1.64. The van der Waals surface area contributed by atoms with E-state index < -0.39 is 16.9 Å². The lowest BCUT2D eigenvalue weighted by Crippen LogP contribution is -2.28. The van der Waals surface area contributed by atoms with Crippen molar-refractivity contribution in [1.82, 2.24) is 25.2 Å². The van der Waals surface area contributed by atoms with Crippen molar-refractivity contribution in [3.63, 3.8) is 0 Å². The summed E-state index contributed by atoms with van der Waals surface area (Å²) in [6.45, 7) is 0. The fraction of sp³-hybridized carbons (Fsp3) is 0.304. The summed E-state index contributed by atoms with van der Waals surface area (Å²) in [5.41, 5.74) is 4.49. The van der Waals surface area contributed by atoms with Crippen LogP contribution in [0.15, 0.2) is 53.6 Å². The van der Waals surface area contributed by atoms with E-state index in [-0.39, 0.29) is 11.8 Å². The van der Waals surface area contributed by atoms with Crippen molar-refractivity contribution in [2.75, 3.05) is 38.0 Å². The highest BCUT2D eigenvalue weighted by Crippen LogP contribution is 2.37. The number of para-hydroxylation sites is 1. The number of methoxy groups -OCH3 is 2. The van der Waals surface area contributed by atoms with Crippen molar-refractivity contribution in [1.29, 1.82) is 0 Å². The Labute approximate surface area is 221 Å². The van der Waals surface area contributed by atoms with Gasteiger partial charge in [0.1, 0.15) is 23.2 Å². The molecule has 0 aliphatic carbocycles. The van der Waals surface area contributed by atoms with Gasteiger partial charge in [0.15, 0.2) is 5.82 Å². The summed E-state index contributed by atoms with van der Waals surface area (Å²) < 4.78 is 28.4. The summed E-state index contributed by atoms with van der Waals surface area (Å²) in [5.74, 6) is 2.44. The van der Waals surface area contributed by atoms with Crippen LogP contribution in [-0.4, -0.2) is 62.4 Å². The second-order valence-corrected chi connectivity index (χ2v) is 10.5. The average Bonchev–Trinajstić information content (AvgIpc) is 3.49. The third kappa shape index (κ3) is 5.47. The molecule has 2 heterocycles. The summed E-state index contributed by atoms with van der Waals surface area (Å²) in [5, 5.41) is 21.9. The van der Waals surface area contributed by atoms with E-state index in [0.717, 1.165) is 0 Å². The number of benzene rings is 2. The number of nitrogens with zero attached hydrogens (tertiary/aromatic N) is 4. The molecule has 0 radical (unpaired) electrons. The zero-order valence-corrected chi connectivity index (χ0v) is 22.5. The Hall–Kier alpha value is -2.77. The van der Waals surface area contributed by atoms with Gasteiger partial charge < -0.3 is 19.6 Å². The topological polar surface area (TPSA) is 114 Å². The number of rotatable bonds is 10. The Morgan fingerprint density at radius 1 is 1.25 bits per heavy atom. The van der Waals surface area contributed by atoms with Gasteiger partial charge in [-0.2, -0.15) is 0 Å². The average molecular weight is 551 g/mol. The number of halogens is 1. The number of hydrogen-bond acceptors (Lipinski definition) is 10. The molecule has 36 heavy (non-hydrogen) atoms. The largest absolute Gasteiger partial charge is 0.494 e. The Morgan fingerprint density at radius 3 is 2.58 bits per heavy atom. The SMILES string of the molecule is COc1cccc(OC)c1-n1c(NSCC(O)c2ccc(Cl)cc2S(C)=O)nnc1C1C=CN(C)N1. The van der Waals surface area contributed by atoms with Crippen LogP contribution >= 0.6 is 23.5 Å². The van der Waals surface area contributed by atoms with Crippen LogP contribution in [0.5, 0.6) is 11.5 Å². The molecular weight excluding hydrogens is 524 g/mol. The third-order valence-electron chi connectivity index (χ3n) is 5.49. The fourth-order valence-corrected chi connectivity index (χ4v) is 5.56. The van der Waals surface area contributed by atoms with Crippen LogP contribution < -0.4 is 19.6 Å². The van der Waals surface area contributed by atoms with Crippen molar-refractivity contribution in [2.24, 2.45) is 0 Å². The molecule has 0 spiro atoms. The van der Waals surface area contributed by atoms with Gasteiger partial charge in [0.2, 0.25) is 5.95 Å². The van der Waals surface area contributed by atoms with Gasteiger partial charge in [-0.3, -0.25) is 13.5 Å². The molecule has 0 saturated heterocycles. The maximum atomic E-state index is 12.2. The Morgan fingerprint density at radius 2 is 1.97 bits per heavy atom. The second kappa shape index (κ2) is 11.5. The molecule has 1 aliphatic rings. The van der Waals surface area contributed by atoms with Gasteiger partial charge in [-0.1, -0.05) is 23.7 Å². The van der Waals surface area contributed by atoms with Gasteiger partial charge in [0.25, 0.3) is 0 Å². The van der Waals surface area contributed by atoms with Crippen molar-refractivity contribution in [2.45, 2.75) is 17.0 Å². The Bertz CT molecular complexity index is 1270. The monoisotopic (exact) mass is 550 g/mol. The molecule has 0 amide bonds. The minimum atomic E-state index is -1.30. The van der Waals surface area contributed by atoms with E-state index >= 15 is 0 Å². The van der Waals surface area contributed by atoms with Gasteiger partial charge in [-0.05, 0) is 47.9 Å². The first-order valence-corrected chi connectivity index (χ1v) is 13.8. The summed E-state index contributed by atoms with van der Waals surface area (Å²) in [4.78, 5) is 0.503. The van der Waals surface area contributed by atoms with Crippen LogP contribution in [-0.2, 0) is 10.8 Å². The van der Waals surface area contributed by atoms with Crippen LogP contribution in [0.2, 0.25) is 5.02 Å². The molecule has 3 unspecified atom stereocenters. The van der Waals surface area contributed by atoms with Crippen LogP contribution in [0.3, 0.4) is 0 Å². The van der Waals surface area contributed by atoms with E-state index in [1.165, 1.54) is 11.9 Å².